The topological polar surface area (TPSA) is 26.0 Å². The van der Waals surface area contributed by atoms with Gasteiger partial charge in [0.25, 0.3) is 0 Å². The first-order valence-electron chi connectivity index (χ1n) is 6.06. The Bertz CT molecular complexity index is 123. The first-order valence-corrected chi connectivity index (χ1v) is 6.06. The van der Waals surface area contributed by atoms with Gasteiger partial charge in [-0.25, -0.2) is 0 Å². The monoisotopic (exact) mass is 183 g/mol. The second kappa shape index (κ2) is 5.64. The summed E-state index contributed by atoms with van der Waals surface area (Å²) < 4.78 is 0. The molecule has 0 spiro atoms. The third kappa shape index (κ3) is 4.12. The van der Waals surface area contributed by atoms with Gasteiger partial charge in [-0.15, -0.1) is 0 Å². The van der Waals surface area contributed by atoms with Crippen molar-refractivity contribution in [1.82, 2.24) is 0 Å². The lowest BCUT2D eigenvalue weighted by atomic mass is 9.86. The normalized spacial score (nSPS) is 22.6. The fraction of sp³-hybridized carbons (Fsp3) is 1.00. The maximum Gasteiger partial charge on any atom is 0.0154 e. The zero-order valence-electron chi connectivity index (χ0n) is 9.15. The summed E-state index contributed by atoms with van der Waals surface area (Å²) >= 11 is 0. The van der Waals surface area contributed by atoms with E-state index in [0.717, 1.165) is 0 Å². The fourth-order valence-electron chi connectivity index (χ4n) is 2.41. The van der Waals surface area contributed by atoms with Crippen molar-refractivity contribution in [1.29, 1.82) is 0 Å². The van der Waals surface area contributed by atoms with Crippen molar-refractivity contribution in [2.24, 2.45) is 5.73 Å². The van der Waals surface area contributed by atoms with Gasteiger partial charge in [-0.3, -0.25) is 0 Å². The first-order chi connectivity index (χ1) is 6.27. The van der Waals surface area contributed by atoms with Crippen molar-refractivity contribution in [3.63, 3.8) is 0 Å². The molecule has 0 heterocycles. The van der Waals surface area contributed by atoms with Crippen LogP contribution in [0.2, 0.25) is 0 Å². The van der Waals surface area contributed by atoms with Crippen molar-refractivity contribution in [3.05, 3.63) is 0 Å². The largest absolute Gasteiger partial charge is 0.325 e. The Morgan fingerprint density at radius 1 is 1.00 bits per heavy atom. The van der Waals surface area contributed by atoms with Crippen LogP contribution in [-0.2, 0) is 0 Å². The minimum absolute atomic E-state index is 0.214. The van der Waals surface area contributed by atoms with E-state index < -0.39 is 0 Å². The lowest BCUT2D eigenvalue weighted by Crippen LogP contribution is -2.38. The molecule has 0 unspecified atom stereocenters. The molecule has 78 valence electrons. The Balaban J connectivity index is 2.25. The predicted octanol–water partition coefficient (Wildman–Crippen LogP) is 3.62. The summed E-state index contributed by atoms with van der Waals surface area (Å²) in [6.07, 6.45) is 13.4. The molecule has 1 fully saturated rings. The summed E-state index contributed by atoms with van der Waals surface area (Å²) in [6, 6.07) is 0. The molecule has 0 bridgehead atoms. The number of hydrogen-bond donors (Lipinski definition) is 1. The number of unbranched alkanes of at least 4 members (excludes halogenated alkanes) is 2. The quantitative estimate of drug-likeness (QED) is 0.523. The van der Waals surface area contributed by atoms with Gasteiger partial charge in [-0.1, -0.05) is 51.9 Å². The van der Waals surface area contributed by atoms with Gasteiger partial charge in [-0.2, -0.15) is 0 Å². The number of rotatable bonds is 4. The highest BCUT2D eigenvalue weighted by molar-refractivity contribution is 4.85. The predicted molar refractivity (Wildman–Crippen MR) is 58.8 cm³/mol. The van der Waals surface area contributed by atoms with Gasteiger partial charge in [0.05, 0.1) is 0 Å². The Morgan fingerprint density at radius 3 is 2.15 bits per heavy atom. The molecular weight excluding hydrogens is 158 g/mol. The summed E-state index contributed by atoms with van der Waals surface area (Å²) in [4.78, 5) is 0. The molecule has 0 saturated heterocycles. The van der Waals surface area contributed by atoms with Crippen LogP contribution in [0.15, 0.2) is 0 Å². The van der Waals surface area contributed by atoms with Crippen LogP contribution < -0.4 is 5.73 Å². The minimum Gasteiger partial charge on any atom is -0.325 e. The minimum atomic E-state index is 0.214. The average Bonchev–Trinajstić information content (AvgIpc) is 2.31. The Hall–Kier alpha value is -0.0400. The van der Waals surface area contributed by atoms with Crippen molar-refractivity contribution >= 4 is 0 Å². The first kappa shape index (κ1) is 11.0. The van der Waals surface area contributed by atoms with E-state index in [2.05, 4.69) is 6.92 Å². The van der Waals surface area contributed by atoms with Crippen LogP contribution in [0.25, 0.3) is 0 Å². The maximum atomic E-state index is 6.40. The van der Waals surface area contributed by atoms with Crippen LogP contribution in [0.5, 0.6) is 0 Å². The van der Waals surface area contributed by atoms with Crippen molar-refractivity contribution < 1.29 is 0 Å². The second-order valence-corrected chi connectivity index (χ2v) is 4.73. The highest BCUT2D eigenvalue weighted by Crippen LogP contribution is 2.29. The maximum absolute atomic E-state index is 6.40. The van der Waals surface area contributed by atoms with E-state index >= 15 is 0 Å². The van der Waals surface area contributed by atoms with Gasteiger partial charge in [0.2, 0.25) is 0 Å². The molecule has 0 aliphatic heterocycles. The molecule has 0 amide bonds. The molecule has 1 heteroatoms. The molecular formula is C12H25N. The Labute approximate surface area is 83.1 Å². The molecule has 1 aliphatic carbocycles. The van der Waals surface area contributed by atoms with E-state index in [1.807, 2.05) is 0 Å². The van der Waals surface area contributed by atoms with Crippen molar-refractivity contribution in [3.8, 4) is 0 Å². The summed E-state index contributed by atoms with van der Waals surface area (Å²) in [5.74, 6) is 0. The third-order valence-corrected chi connectivity index (χ3v) is 3.38. The van der Waals surface area contributed by atoms with E-state index in [4.69, 9.17) is 5.73 Å². The highest BCUT2D eigenvalue weighted by atomic mass is 14.7. The van der Waals surface area contributed by atoms with Gasteiger partial charge in [0.1, 0.15) is 0 Å². The molecule has 1 saturated carbocycles. The van der Waals surface area contributed by atoms with Crippen LogP contribution in [0.3, 0.4) is 0 Å². The molecule has 0 aromatic heterocycles. The van der Waals surface area contributed by atoms with E-state index in [1.54, 1.807) is 0 Å². The Morgan fingerprint density at radius 2 is 1.62 bits per heavy atom. The van der Waals surface area contributed by atoms with Crippen LogP contribution >= 0.6 is 0 Å². The smallest absolute Gasteiger partial charge is 0.0154 e. The molecule has 0 aromatic rings. The van der Waals surface area contributed by atoms with E-state index in [-0.39, 0.29) is 5.54 Å². The second-order valence-electron chi connectivity index (χ2n) is 4.73. The van der Waals surface area contributed by atoms with Gasteiger partial charge < -0.3 is 5.73 Å². The van der Waals surface area contributed by atoms with Gasteiger partial charge in [-0.05, 0) is 19.3 Å². The summed E-state index contributed by atoms with van der Waals surface area (Å²) in [6.45, 7) is 2.26. The zero-order chi connectivity index (χ0) is 9.57. The van der Waals surface area contributed by atoms with Crippen LogP contribution in [0, 0.1) is 0 Å². The summed E-state index contributed by atoms with van der Waals surface area (Å²) in [5.41, 5.74) is 6.61. The Kier molecular flexibility index (Phi) is 4.79. The summed E-state index contributed by atoms with van der Waals surface area (Å²) in [7, 11) is 0. The molecule has 1 aliphatic rings. The lowest BCUT2D eigenvalue weighted by Gasteiger charge is -2.27. The average molecular weight is 183 g/mol. The van der Waals surface area contributed by atoms with Gasteiger partial charge >= 0.3 is 0 Å². The molecule has 0 radical (unpaired) electrons. The molecule has 0 atom stereocenters. The standard InChI is InChI=1S/C12H25N/c1-2-3-6-9-12(13)10-7-4-5-8-11-12/h2-11,13H2,1H3. The van der Waals surface area contributed by atoms with Crippen molar-refractivity contribution in [2.45, 2.75) is 76.7 Å². The highest BCUT2D eigenvalue weighted by Gasteiger charge is 2.24. The lowest BCUT2D eigenvalue weighted by molar-refractivity contribution is 0.333. The molecule has 1 nitrogen and oxygen atoms in total. The SMILES string of the molecule is CCCCCC1(N)CCCCCC1. The molecule has 13 heavy (non-hydrogen) atoms. The third-order valence-electron chi connectivity index (χ3n) is 3.38. The van der Waals surface area contributed by atoms with E-state index in [0.29, 0.717) is 0 Å². The molecule has 0 aromatic carbocycles. The molecule has 1 rings (SSSR count). The molecule has 2 N–H and O–H groups in total. The number of nitrogens with two attached hydrogens (primary N) is 1. The van der Waals surface area contributed by atoms with Gasteiger partial charge in [0, 0.05) is 5.54 Å². The van der Waals surface area contributed by atoms with Crippen molar-refractivity contribution in [2.75, 3.05) is 0 Å². The van der Waals surface area contributed by atoms with Crippen LogP contribution in [0.4, 0.5) is 0 Å². The van der Waals surface area contributed by atoms with E-state index in [9.17, 15) is 0 Å². The fourth-order valence-corrected chi connectivity index (χ4v) is 2.41. The van der Waals surface area contributed by atoms with E-state index in [1.165, 1.54) is 64.2 Å². The van der Waals surface area contributed by atoms with Gasteiger partial charge in [0.15, 0.2) is 0 Å². The van der Waals surface area contributed by atoms with Crippen LogP contribution in [-0.4, -0.2) is 5.54 Å². The summed E-state index contributed by atoms with van der Waals surface area (Å²) in [5, 5.41) is 0. The number of hydrogen-bond acceptors (Lipinski definition) is 1. The van der Waals surface area contributed by atoms with Crippen LogP contribution in [0.1, 0.15) is 71.1 Å². The zero-order valence-corrected chi connectivity index (χ0v) is 9.15.